The molecule has 3 aromatic rings. The molecule has 0 spiro atoms. The van der Waals surface area contributed by atoms with Crippen LogP contribution in [0.2, 0.25) is 0 Å². The molecule has 1 aliphatic heterocycles. The molecule has 1 aromatic heterocycles. The van der Waals surface area contributed by atoms with Gasteiger partial charge in [0.05, 0.1) is 10.6 Å². The fraction of sp³-hybridized carbons (Fsp3) is 0. The third-order valence-electron chi connectivity index (χ3n) is 4.44. The number of hydrogen-bond acceptors (Lipinski definition) is 6. The summed E-state index contributed by atoms with van der Waals surface area (Å²) in [5.74, 6) is -1.97. The molecule has 1 N–H and O–H groups in total. The van der Waals surface area contributed by atoms with Gasteiger partial charge in [-0.2, -0.15) is 0 Å². The Morgan fingerprint density at radius 2 is 1.77 bits per heavy atom. The third kappa shape index (κ3) is 3.81. The van der Waals surface area contributed by atoms with Gasteiger partial charge < -0.3 is 4.42 Å². The van der Waals surface area contributed by atoms with Gasteiger partial charge in [0.15, 0.2) is 0 Å². The van der Waals surface area contributed by atoms with Crippen molar-refractivity contribution in [3.05, 3.63) is 87.9 Å². The average Bonchev–Trinajstić information content (AvgIpc) is 3.21. The van der Waals surface area contributed by atoms with E-state index in [0.29, 0.717) is 10.5 Å². The summed E-state index contributed by atoms with van der Waals surface area (Å²) < 4.78 is 18.8. The Morgan fingerprint density at radius 1 is 1.03 bits per heavy atom. The Bertz CT molecular complexity index is 1260. The van der Waals surface area contributed by atoms with Gasteiger partial charge in [0.2, 0.25) is 0 Å². The second-order valence-electron chi connectivity index (χ2n) is 6.44. The molecule has 0 atom stereocenters. The van der Waals surface area contributed by atoms with E-state index in [1.807, 2.05) is 0 Å². The molecular weight excluding hydrogens is 409 g/mol. The van der Waals surface area contributed by atoms with Crippen molar-refractivity contribution in [2.75, 3.05) is 4.90 Å². The van der Waals surface area contributed by atoms with Crippen LogP contribution >= 0.6 is 0 Å². The Hall–Kier alpha value is -4.60. The number of nitrogens with zero attached hydrogens (tertiary/aromatic N) is 2. The molecule has 1 fully saturated rings. The van der Waals surface area contributed by atoms with Crippen molar-refractivity contribution >= 4 is 35.3 Å². The quantitative estimate of drug-likeness (QED) is 0.297. The molecule has 154 valence electrons. The van der Waals surface area contributed by atoms with Gasteiger partial charge in [0.25, 0.3) is 17.5 Å². The molecule has 0 saturated carbocycles. The number of imide groups is 2. The topological polar surface area (TPSA) is 123 Å². The number of urea groups is 1. The van der Waals surface area contributed by atoms with Crippen molar-refractivity contribution < 1.29 is 28.1 Å². The number of nitro benzene ring substituents is 1. The molecule has 0 radical (unpaired) electrons. The van der Waals surface area contributed by atoms with E-state index in [2.05, 4.69) is 5.32 Å². The number of amides is 4. The lowest BCUT2D eigenvalue weighted by Gasteiger charge is -2.26. The van der Waals surface area contributed by atoms with Crippen LogP contribution in [0, 0.1) is 15.9 Å². The number of carbonyl (C=O) groups excluding carboxylic acids is 3. The van der Waals surface area contributed by atoms with Crippen LogP contribution in [-0.2, 0) is 9.59 Å². The molecule has 0 bridgehead atoms. The lowest BCUT2D eigenvalue weighted by Crippen LogP contribution is -2.54. The van der Waals surface area contributed by atoms with E-state index in [9.17, 15) is 28.9 Å². The Balaban J connectivity index is 1.66. The van der Waals surface area contributed by atoms with Crippen LogP contribution in [0.25, 0.3) is 17.4 Å². The summed E-state index contributed by atoms with van der Waals surface area (Å²) >= 11 is 0. The van der Waals surface area contributed by atoms with E-state index in [1.165, 1.54) is 42.5 Å². The number of carbonyl (C=O) groups is 3. The molecule has 1 saturated heterocycles. The van der Waals surface area contributed by atoms with Crippen LogP contribution in [0.4, 0.5) is 20.6 Å². The molecule has 4 amide bonds. The third-order valence-corrected chi connectivity index (χ3v) is 4.44. The van der Waals surface area contributed by atoms with Gasteiger partial charge in [-0.1, -0.05) is 12.1 Å². The molecule has 0 unspecified atom stereocenters. The smallest absolute Gasteiger partial charge is 0.335 e. The number of non-ortho nitro benzene ring substituents is 1. The zero-order valence-corrected chi connectivity index (χ0v) is 15.6. The van der Waals surface area contributed by atoms with Crippen LogP contribution in [0.3, 0.4) is 0 Å². The first-order chi connectivity index (χ1) is 14.8. The SMILES string of the molecule is O=C1NC(=O)N(c2ccc(F)cc2)C(=O)/C1=C/c1ccc(-c2cccc([N+](=O)[O-])c2)o1. The summed E-state index contributed by atoms with van der Waals surface area (Å²) in [5.41, 5.74) is 0.0216. The second kappa shape index (κ2) is 7.67. The highest BCUT2D eigenvalue weighted by Gasteiger charge is 2.37. The maximum absolute atomic E-state index is 13.2. The number of furan rings is 1. The minimum atomic E-state index is -0.963. The number of anilines is 1. The predicted molar refractivity (Wildman–Crippen MR) is 106 cm³/mol. The maximum atomic E-state index is 13.2. The Morgan fingerprint density at radius 3 is 2.48 bits per heavy atom. The number of hydrogen-bond donors (Lipinski definition) is 1. The van der Waals surface area contributed by atoms with E-state index in [0.717, 1.165) is 18.2 Å². The lowest BCUT2D eigenvalue weighted by molar-refractivity contribution is -0.384. The van der Waals surface area contributed by atoms with Gasteiger partial charge in [-0.15, -0.1) is 0 Å². The molecule has 9 nitrogen and oxygen atoms in total. The van der Waals surface area contributed by atoms with Crippen LogP contribution in [0.1, 0.15) is 5.76 Å². The number of benzene rings is 2. The minimum Gasteiger partial charge on any atom is -0.457 e. The zero-order valence-electron chi connectivity index (χ0n) is 15.6. The fourth-order valence-electron chi connectivity index (χ4n) is 2.98. The summed E-state index contributed by atoms with van der Waals surface area (Å²) in [6.45, 7) is 0. The van der Waals surface area contributed by atoms with Crippen LogP contribution in [0.15, 0.2) is 70.7 Å². The minimum absolute atomic E-state index is 0.0824. The van der Waals surface area contributed by atoms with Crippen molar-refractivity contribution in [1.82, 2.24) is 5.32 Å². The van der Waals surface area contributed by atoms with Crippen molar-refractivity contribution in [3.63, 3.8) is 0 Å². The molecule has 10 heteroatoms. The maximum Gasteiger partial charge on any atom is 0.335 e. The molecule has 2 aromatic carbocycles. The number of nitrogens with one attached hydrogen (secondary N) is 1. The predicted octanol–water partition coefficient (Wildman–Crippen LogP) is 3.66. The van der Waals surface area contributed by atoms with Crippen molar-refractivity contribution in [2.45, 2.75) is 0 Å². The first-order valence-corrected chi connectivity index (χ1v) is 8.85. The van der Waals surface area contributed by atoms with Crippen LogP contribution < -0.4 is 10.2 Å². The first-order valence-electron chi connectivity index (χ1n) is 8.85. The molecular formula is C21H12FN3O6. The average molecular weight is 421 g/mol. The number of halogens is 1. The summed E-state index contributed by atoms with van der Waals surface area (Å²) in [6, 6.07) is 12.4. The lowest BCUT2D eigenvalue weighted by atomic mass is 10.1. The molecule has 1 aliphatic rings. The Kier molecular flexibility index (Phi) is 4.88. The first kappa shape index (κ1) is 19.7. The summed E-state index contributed by atoms with van der Waals surface area (Å²) in [5, 5.41) is 13.0. The molecule has 31 heavy (non-hydrogen) atoms. The van der Waals surface area contributed by atoms with Crippen molar-refractivity contribution in [2.24, 2.45) is 0 Å². The van der Waals surface area contributed by atoms with Gasteiger partial charge in [-0.25, -0.2) is 14.1 Å². The highest BCUT2D eigenvalue weighted by Crippen LogP contribution is 2.28. The normalized spacial score (nSPS) is 15.3. The number of rotatable bonds is 4. The highest BCUT2D eigenvalue weighted by atomic mass is 19.1. The van der Waals surface area contributed by atoms with Gasteiger partial charge in [-0.05, 0) is 42.5 Å². The van der Waals surface area contributed by atoms with Gasteiger partial charge in [0.1, 0.15) is 22.9 Å². The monoisotopic (exact) mass is 421 g/mol. The number of nitro groups is 1. The Labute approximate surface area is 173 Å². The van der Waals surface area contributed by atoms with Crippen molar-refractivity contribution in [1.29, 1.82) is 0 Å². The summed E-state index contributed by atoms with van der Waals surface area (Å²) in [6.07, 6.45) is 1.15. The van der Waals surface area contributed by atoms with Gasteiger partial charge in [0, 0.05) is 17.7 Å². The largest absolute Gasteiger partial charge is 0.457 e. The molecule has 2 heterocycles. The van der Waals surface area contributed by atoms with Crippen LogP contribution in [0.5, 0.6) is 0 Å². The summed E-state index contributed by atoms with van der Waals surface area (Å²) in [7, 11) is 0. The second-order valence-corrected chi connectivity index (χ2v) is 6.44. The van der Waals surface area contributed by atoms with E-state index in [1.54, 1.807) is 6.07 Å². The van der Waals surface area contributed by atoms with Gasteiger partial charge >= 0.3 is 6.03 Å². The van der Waals surface area contributed by atoms with E-state index in [4.69, 9.17) is 4.42 Å². The standard InChI is InChI=1S/C21H12FN3O6/c22-13-4-6-14(7-5-13)24-20(27)17(19(26)23-21(24)28)11-16-8-9-18(31-16)12-2-1-3-15(10-12)25(29)30/h1-11H,(H,23,26,28)/b17-11+. The zero-order chi connectivity index (χ0) is 22.1. The summed E-state index contributed by atoms with van der Waals surface area (Å²) in [4.78, 5) is 48.3. The van der Waals surface area contributed by atoms with E-state index in [-0.39, 0.29) is 28.5 Å². The van der Waals surface area contributed by atoms with Gasteiger partial charge in [-0.3, -0.25) is 25.0 Å². The van der Waals surface area contributed by atoms with E-state index >= 15 is 0 Å². The number of barbiturate groups is 1. The van der Waals surface area contributed by atoms with Crippen LogP contribution in [-0.4, -0.2) is 22.8 Å². The highest BCUT2D eigenvalue weighted by molar-refractivity contribution is 6.39. The molecule has 0 aliphatic carbocycles. The fourth-order valence-corrected chi connectivity index (χ4v) is 2.98. The van der Waals surface area contributed by atoms with Crippen molar-refractivity contribution in [3.8, 4) is 11.3 Å². The van der Waals surface area contributed by atoms with E-state index < -0.39 is 28.6 Å². The molecule has 4 rings (SSSR count).